The fraction of sp³-hybridized carbons (Fsp3) is 0.333. The van der Waals surface area contributed by atoms with Gasteiger partial charge in [-0.25, -0.2) is 0 Å². The number of piperazine rings is 1. The van der Waals surface area contributed by atoms with Crippen molar-refractivity contribution >= 4 is 57.0 Å². The molecule has 26 heavy (non-hydrogen) atoms. The second-order valence-electron chi connectivity index (χ2n) is 6.53. The fourth-order valence-corrected chi connectivity index (χ4v) is 6.95. The Morgan fingerprint density at radius 1 is 1.31 bits per heavy atom. The summed E-state index contributed by atoms with van der Waals surface area (Å²) in [6.07, 6.45) is 0. The predicted molar refractivity (Wildman–Crippen MR) is 104 cm³/mol. The van der Waals surface area contributed by atoms with Crippen LogP contribution in [-0.4, -0.2) is 68.6 Å². The van der Waals surface area contributed by atoms with Crippen molar-refractivity contribution in [3.63, 3.8) is 0 Å². The number of aromatic carboxylic acids is 1. The second-order valence-corrected chi connectivity index (χ2v) is 9.64. The van der Waals surface area contributed by atoms with E-state index in [9.17, 15) is 9.59 Å². The van der Waals surface area contributed by atoms with Gasteiger partial charge in [0.15, 0.2) is 0 Å². The zero-order chi connectivity index (χ0) is 18.4. The average Bonchev–Trinajstić information content (AvgIpc) is 2.93. The number of hydrogen-bond donors (Lipinski definition) is 1. The molecule has 4 rings (SSSR count). The Morgan fingerprint density at radius 2 is 2.04 bits per heavy atom. The zero-order valence-corrected chi connectivity index (χ0v) is 17.4. The van der Waals surface area contributed by atoms with Crippen molar-refractivity contribution in [2.45, 2.75) is 6.54 Å². The van der Waals surface area contributed by atoms with Crippen LogP contribution >= 0.6 is 15.9 Å². The fourth-order valence-electron chi connectivity index (χ4n) is 3.21. The molecule has 1 N–H and O–H groups in total. The van der Waals surface area contributed by atoms with Crippen LogP contribution in [0.4, 0.5) is 0 Å². The van der Waals surface area contributed by atoms with Crippen LogP contribution in [0.2, 0.25) is 0 Å². The Kier molecular flexibility index (Phi) is 4.79. The number of likely N-dealkylation sites (N-methyl/N-ethyl adjacent to an activating group) is 1. The van der Waals surface area contributed by atoms with E-state index in [4.69, 9.17) is 9.52 Å². The van der Waals surface area contributed by atoms with Crippen molar-refractivity contribution in [3.05, 3.63) is 43.1 Å². The van der Waals surface area contributed by atoms with Crippen molar-refractivity contribution in [2.75, 3.05) is 33.2 Å². The molecule has 3 heterocycles. The van der Waals surface area contributed by atoms with Crippen LogP contribution in [0.15, 0.2) is 31.9 Å². The monoisotopic (exact) mass is 484 g/mol. The molecule has 1 aliphatic heterocycles. The van der Waals surface area contributed by atoms with Crippen LogP contribution in [0.5, 0.6) is 0 Å². The van der Waals surface area contributed by atoms with E-state index in [1.54, 1.807) is 0 Å². The summed E-state index contributed by atoms with van der Waals surface area (Å²) in [7, 11) is 2.14. The van der Waals surface area contributed by atoms with Crippen LogP contribution in [0, 0.1) is 0 Å². The van der Waals surface area contributed by atoms with E-state index < -0.39 is 11.6 Å². The summed E-state index contributed by atoms with van der Waals surface area (Å²) in [5.74, 6) is -1.26. The molecule has 1 saturated heterocycles. The molecule has 8 heteroatoms. The van der Waals surface area contributed by atoms with Gasteiger partial charge in [-0.05, 0) is 0 Å². The first-order valence-corrected chi connectivity index (χ1v) is 10.8. The third-order valence-electron chi connectivity index (χ3n) is 4.76. The standard InChI is InChI=1S/C18H17BrN2O4Se/c1-20-4-6-21(7-5-20)9-13-14(19)11-3-2-10-8-12(17(22)23)18(24)25-15(10)16(11)26-13/h2-3,8H,4-7,9H2,1H3,(H,22,23). The Morgan fingerprint density at radius 3 is 2.73 bits per heavy atom. The first-order valence-electron chi connectivity index (χ1n) is 8.26. The second kappa shape index (κ2) is 6.94. The van der Waals surface area contributed by atoms with Gasteiger partial charge in [0.1, 0.15) is 0 Å². The Bertz CT molecular complexity index is 1070. The van der Waals surface area contributed by atoms with Gasteiger partial charge in [0.2, 0.25) is 0 Å². The van der Waals surface area contributed by atoms with Gasteiger partial charge in [-0.2, -0.15) is 0 Å². The number of nitrogens with zero attached hydrogens (tertiary/aromatic N) is 2. The summed E-state index contributed by atoms with van der Waals surface area (Å²) in [5, 5.41) is 10.8. The van der Waals surface area contributed by atoms with Crippen molar-refractivity contribution in [2.24, 2.45) is 0 Å². The molecule has 0 aliphatic carbocycles. The molecule has 3 aromatic rings. The van der Waals surface area contributed by atoms with E-state index in [1.165, 1.54) is 10.5 Å². The number of fused-ring (bicyclic) bond motifs is 3. The summed E-state index contributed by atoms with van der Waals surface area (Å²) in [4.78, 5) is 28.0. The molecule has 6 nitrogen and oxygen atoms in total. The summed E-state index contributed by atoms with van der Waals surface area (Å²) in [6, 6.07) is 5.21. The van der Waals surface area contributed by atoms with E-state index in [2.05, 4.69) is 32.8 Å². The molecule has 0 saturated carbocycles. The average molecular weight is 484 g/mol. The number of benzene rings is 1. The molecule has 0 amide bonds. The van der Waals surface area contributed by atoms with E-state index in [0.717, 1.165) is 46.8 Å². The normalized spacial score (nSPS) is 16.5. The van der Waals surface area contributed by atoms with Gasteiger partial charge >= 0.3 is 164 Å². The molecule has 1 aromatic carbocycles. The van der Waals surface area contributed by atoms with Crippen LogP contribution in [0.25, 0.3) is 20.6 Å². The van der Waals surface area contributed by atoms with E-state index in [0.29, 0.717) is 11.0 Å². The molecular weight excluding hydrogens is 467 g/mol. The van der Waals surface area contributed by atoms with Gasteiger partial charge in [-0.1, -0.05) is 0 Å². The summed E-state index contributed by atoms with van der Waals surface area (Å²) in [6.45, 7) is 5.14. The van der Waals surface area contributed by atoms with E-state index in [1.807, 2.05) is 12.1 Å². The number of carbonyl (C=O) groups is 1. The maximum atomic E-state index is 12.0. The predicted octanol–water partition coefficient (Wildman–Crippen LogP) is 2.21. The maximum absolute atomic E-state index is 12.0. The zero-order valence-electron chi connectivity index (χ0n) is 14.1. The molecule has 1 fully saturated rings. The van der Waals surface area contributed by atoms with Crippen molar-refractivity contribution in [1.82, 2.24) is 9.80 Å². The first-order chi connectivity index (χ1) is 12.4. The first kappa shape index (κ1) is 17.9. The quantitative estimate of drug-likeness (QED) is 0.454. The molecule has 136 valence electrons. The van der Waals surface area contributed by atoms with Crippen molar-refractivity contribution in [3.8, 4) is 0 Å². The number of hydrogen-bond acceptors (Lipinski definition) is 5. The van der Waals surface area contributed by atoms with Crippen LogP contribution in [0.3, 0.4) is 0 Å². The molecular formula is C18H17BrN2O4Se. The summed E-state index contributed by atoms with van der Waals surface area (Å²) < 4.78 is 8.83. The number of carboxylic acids is 1. The van der Waals surface area contributed by atoms with Crippen LogP contribution < -0.4 is 5.63 Å². The van der Waals surface area contributed by atoms with Gasteiger partial charge in [0, 0.05) is 0 Å². The van der Waals surface area contributed by atoms with E-state index in [-0.39, 0.29) is 20.1 Å². The van der Waals surface area contributed by atoms with Gasteiger partial charge < -0.3 is 0 Å². The number of carboxylic acid groups (broad SMARTS) is 1. The molecule has 0 atom stereocenters. The number of halogens is 1. The third kappa shape index (κ3) is 3.16. The minimum atomic E-state index is -1.26. The Labute approximate surface area is 163 Å². The summed E-state index contributed by atoms with van der Waals surface area (Å²) >= 11 is 3.77. The molecule has 0 bridgehead atoms. The van der Waals surface area contributed by atoms with Crippen molar-refractivity contribution in [1.29, 1.82) is 0 Å². The minimum absolute atomic E-state index is 0.0394. The van der Waals surface area contributed by atoms with Gasteiger partial charge in [-0.15, -0.1) is 0 Å². The molecule has 1 aliphatic rings. The Hall–Kier alpha value is -1.44. The van der Waals surface area contributed by atoms with E-state index >= 15 is 0 Å². The molecule has 0 spiro atoms. The van der Waals surface area contributed by atoms with Crippen LogP contribution in [0.1, 0.15) is 14.8 Å². The molecule has 0 unspecified atom stereocenters. The van der Waals surface area contributed by atoms with Crippen molar-refractivity contribution < 1.29 is 14.3 Å². The summed E-state index contributed by atoms with van der Waals surface area (Å²) in [5.41, 5.74) is -0.603. The topological polar surface area (TPSA) is 74.0 Å². The number of rotatable bonds is 3. The van der Waals surface area contributed by atoms with Gasteiger partial charge in [0.05, 0.1) is 0 Å². The molecule has 0 radical (unpaired) electrons. The van der Waals surface area contributed by atoms with Gasteiger partial charge in [-0.3, -0.25) is 0 Å². The third-order valence-corrected chi connectivity index (χ3v) is 8.75. The SMILES string of the molecule is CN1CCN(Cc2[se]c3c(ccc4cc(C(=O)O)c(=O)oc43)c2Br)CC1. The molecule has 2 aromatic heterocycles. The van der Waals surface area contributed by atoms with Crippen LogP contribution in [-0.2, 0) is 6.54 Å². The Balaban J connectivity index is 1.78. The van der Waals surface area contributed by atoms with Gasteiger partial charge in [0.25, 0.3) is 0 Å².